The summed E-state index contributed by atoms with van der Waals surface area (Å²) in [7, 11) is 0. The van der Waals surface area contributed by atoms with E-state index in [-0.39, 0.29) is 0 Å². The van der Waals surface area contributed by atoms with E-state index in [2.05, 4.69) is 19.2 Å². The lowest BCUT2D eigenvalue weighted by molar-refractivity contribution is 0.505. The Hall–Kier alpha value is -0.610. The standard InChI is InChI=1S/C14H21F2NS/c1-3-17-11(2)6-4-5-9-18-12-7-8-13(15)14(16)10-12/h7-8,10-11,17H,3-6,9H2,1-2H3. The summed E-state index contributed by atoms with van der Waals surface area (Å²) in [4.78, 5) is 0.800. The molecule has 1 aromatic rings. The number of benzene rings is 1. The summed E-state index contributed by atoms with van der Waals surface area (Å²) in [5.41, 5.74) is 0. The average Bonchev–Trinajstić information content (AvgIpc) is 2.33. The average molecular weight is 273 g/mol. The normalized spacial score (nSPS) is 12.7. The van der Waals surface area contributed by atoms with E-state index in [1.807, 2.05) is 0 Å². The van der Waals surface area contributed by atoms with E-state index >= 15 is 0 Å². The van der Waals surface area contributed by atoms with Gasteiger partial charge in [0.05, 0.1) is 0 Å². The van der Waals surface area contributed by atoms with Crippen LogP contribution in [0.25, 0.3) is 0 Å². The molecule has 0 radical (unpaired) electrons. The van der Waals surface area contributed by atoms with Crippen molar-refractivity contribution < 1.29 is 8.78 Å². The van der Waals surface area contributed by atoms with Crippen molar-refractivity contribution in [3.63, 3.8) is 0 Å². The highest BCUT2D eigenvalue weighted by Gasteiger charge is 2.03. The molecule has 0 aliphatic rings. The van der Waals surface area contributed by atoms with E-state index in [1.54, 1.807) is 17.8 Å². The summed E-state index contributed by atoms with van der Waals surface area (Å²) in [6, 6.07) is 4.64. The van der Waals surface area contributed by atoms with Crippen molar-refractivity contribution in [3.8, 4) is 0 Å². The van der Waals surface area contributed by atoms with Crippen molar-refractivity contribution in [3.05, 3.63) is 29.8 Å². The van der Waals surface area contributed by atoms with Gasteiger partial charge < -0.3 is 5.32 Å². The van der Waals surface area contributed by atoms with Crippen molar-refractivity contribution in [2.45, 2.75) is 44.0 Å². The molecule has 0 aromatic heterocycles. The van der Waals surface area contributed by atoms with Crippen LogP contribution in [0.4, 0.5) is 8.78 Å². The molecule has 102 valence electrons. The number of hydrogen-bond acceptors (Lipinski definition) is 2. The highest BCUT2D eigenvalue weighted by Crippen LogP contribution is 2.21. The molecule has 4 heteroatoms. The van der Waals surface area contributed by atoms with Gasteiger partial charge in [0.1, 0.15) is 0 Å². The lowest BCUT2D eigenvalue weighted by Crippen LogP contribution is -2.25. The Kier molecular flexibility index (Phi) is 7.28. The van der Waals surface area contributed by atoms with Gasteiger partial charge in [0.15, 0.2) is 11.6 Å². The summed E-state index contributed by atoms with van der Waals surface area (Å²) in [5, 5.41) is 3.37. The largest absolute Gasteiger partial charge is 0.315 e. The van der Waals surface area contributed by atoms with E-state index in [4.69, 9.17) is 0 Å². The fourth-order valence-corrected chi connectivity index (χ4v) is 2.70. The van der Waals surface area contributed by atoms with Gasteiger partial charge in [-0.25, -0.2) is 8.78 Å². The summed E-state index contributed by atoms with van der Waals surface area (Å²) in [6.07, 6.45) is 3.41. The Balaban J connectivity index is 2.16. The molecule has 1 rings (SSSR count). The van der Waals surface area contributed by atoms with E-state index in [0.717, 1.165) is 36.5 Å². The second-order valence-electron chi connectivity index (χ2n) is 4.38. The van der Waals surface area contributed by atoms with Crippen LogP contribution in [0.1, 0.15) is 33.1 Å². The van der Waals surface area contributed by atoms with Crippen LogP contribution in [0, 0.1) is 11.6 Å². The maximum atomic E-state index is 12.9. The van der Waals surface area contributed by atoms with Crippen LogP contribution in [-0.4, -0.2) is 18.3 Å². The van der Waals surface area contributed by atoms with Gasteiger partial charge in [0, 0.05) is 10.9 Å². The lowest BCUT2D eigenvalue weighted by Gasteiger charge is -2.11. The molecular formula is C14H21F2NS. The Labute approximate surface area is 112 Å². The summed E-state index contributed by atoms with van der Waals surface area (Å²) in [6.45, 7) is 5.30. The van der Waals surface area contributed by atoms with Crippen molar-refractivity contribution in [1.29, 1.82) is 0 Å². The summed E-state index contributed by atoms with van der Waals surface area (Å²) < 4.78 is 25.7. The molecule has 0 saturated carbocycles. The van der Waals surface area contributed by atoms with Gasteiger partial charge in [-0.05, 0) is 50.3 Å². The molecule has 1 unspecified atom stereocenters. The van der Waals surface area contributed by atoms with Gasteiger partial charge in [0.2, 0.25) is 0 Å². The quantitative estimate of drug-likeness (QED) is 0.562. The van der Waals surface area contributed by atoms with Crippen LogP contribution < -0.4 is 5.32 Å². The first-order valence-corrected chi connectivity index (χ1v) is 7.43. The number of nitrogens with one attached hydrogen (secondary N) is 1. The number of unbranched alkanes of at least 4 members (excludes halogenated alkanes) is 1. The fourth-order valence-electron chi connectivity index (χ4n) is 1.76. The molecule has 1 atom stereocenters. The van der Waals surface area contributed by atoms with E-state index in [9.17, 15) is 8.78 Å². The first-order chi connectivity index (χ1) is 8.63. The number of rotatable bonds is 8. The first kappa shape index (κ1) is 15.4. The van der Waals surface area contributed by atoms with Crippen LogP contribution in [0.2, 0.25) is 0 Å². The molecule has 0 aliphatic heterocycles. The van der Waals surface area contributed by atoms with Gasteiger partial charge in [-0.3, -0.25) is 0 Å². The highest BCUT2D eigenvalue weighted by atomic mass is 32.2. The molecule has 1 nitrogen and oxygen atoms in total. The summed E-state index contributed by atoms with van der Waals surface area (Å²) >= 11 is 1.58. The molecule has 0 aliphatic carbocycles. The Morgan fingerprint density at radius 1 is 1.22 bits per heavy atom. The van der Waals surface area contributed by atoms with Crippen molar-refractivity contribution >= 4 is 11.8 Å². The minimum atomic E-state index is -0.779. The second kappa shape index (κ2) is 8.48. The molecule has 18 heavy (non-hydrogen) atoms. The lowest BCUT2D eigenvalue weighted by atomic mass is 10.1. The zero-order chi connectivity index (χ0) is 13.4. The third kappa shape index (κ3) is 5.83. The second-order valence-corrected chi connectivity index (χ2v) is 5.55. The van der Waals surface area contributed by atoms with Crippen LogP contribution in [0.15, 0.2) is 23.1 Å². The highest BCUT2D eigenvalue weighted by molar-refractivity contribution is 7.99. The van der Waals surface area contributed by atoms with Gasteiger partial charge in [0.25, 0.3) is 0 Å². The minimum Gasteiger partial charge on any atom is -0.315 e. The van der Waals surface area contributed by atoms with E-state index in [0.29, 0.717) is 6.04 Å². The first-order valence-electron chi connectivity index (χ1n) is 6.44. The number of hydrogen-bond donors (Lipinski definition) is 1. The zero-order valence-electron chi connectivity index (χ0n) is 11.0. The zero-order valence-corrected chi connectivity index (χ0v) is 11.8. The topological polar surface area (TPSA) is 12.0 Å². The Bertz CT molecular complexity index is 358. The molecule has 1 N–H and O–H groups in total. The van der Waals surface area contributed by atoms with Crippen LogP contribution >= 0.6 is 11.8 Å². The molecule has 0 fully saturated rings. The Morgan fingerprint density at radius 3 is 2.67 bits per heavy atom. The molecule has 0 heterocycles. The van der Waals surface area contributed by atoms with Gasteiger partial charge >= 0.3 is 0 Å². The van der Waals surface area contributed by atoms with Crippen molar-refractivity contribution in [2.24, 2.45) is 0 Å². The van der Waals surface area contributed by atoms with Crippen LogP contribution in [0.5, 0.6) is 0 Å². The molecule has 0 saturated heterocycles. The number of halogens is 2. The SMILES string of the molecule is CCNC(C)CCCCSc1ccc(F)c(F)c1. The molecule has 1 aromatic carbocycles. The molecular weight excluding hydrogens is 252 g/mol. The number of thioether (sulfide) groups is 1. The third-order valence-electron chi connectivity index (χ3n) is 2.74. The molecule has 0 bridgehead atoms. The molecule has 0 amide bonds. The fraction of sp³-hybridized carbons (Fsp3) is 0.571. The van der Waals surface area contributed by atoms with Crippen LogP contribution in [-0.2, 0) is 0 Å². The van der Waals surface area contributed by atoms with Crippen molar-refractivity contribution in [1.82, 2.24) is 5.32 Å². The predicted molar refractivity (Wildman–Crippen MR) is 74.1 cm³/mol. The smallest absolute Gasteiger partial charge is 0.159 e. The minimum absolute atomic E-state index is 0.559. The third-order valence-corrected chi connectivity index (χ3v) is 3.82. The van der Waals surface area contributed by atoms with E-state index < -0.39 is 11.6 Å². The maximum Gasteiger partial charge on any atom is 0.159 e. The van der Waals surface area contributed by atoms with Gasteiger partial charge in [-0.2, -0.15) is 0 Å². The Morgan fingerprint density at radius 2 is 2.00 bits per heavy atom. The van der Waals surface area contributed by atoms with Crippen LogP contribution in [0.3, 0.4) is 0 Å². The maximum absolute atomic E-state index is 12.9. The van der Waals surface area contributed by atoms with Crippen molar-refractivity contribution in [2.75, 3.05) is 12.3 Å². The van der Waals surface area contributed by atoms with Gasteiger partial charge in [-0.15, -0.1) is 11.8 Å². The van der Waals surface area contributed by atoms with Gasteiger partial charge in [-0.1, -0.05) is 13.3 Å². The van der Waals surface area contributed by atoms with E-state index in [1.165, 1.54) is 12.1 Å². The predicted octanol–water partition coefficient (Wildman–Crippen LogP) is 4.23. The monoisotopic (exact) mass is 273 g/mol. The summed E-state index contributed by atoms with van der Waals surface area (Å²) in [5.74, 6) is -0.594. The molecule has 0 spiro atoms.